The van der Waals surface area contributed by atoms with Gasteiger partial charge in [0, 0.05) is 12.1 Å². The molecule has 0 amide bonds. The molecule has 0 aliphatic heterocycles. The van der Waals surface area contributed by atoms with Crippen LogP contribution in [0.2, 0.25) is 0 Å². The Hall–Kier alpha value is -0.536. The summed E-state index contributed by atoms with van der Waals surface area (Å²) in [6.07, 6.45) is 4.09. The molecule has 3 nitrogen and oxygen atoms in total. The molecular weight excluding hydrogens is 213 g/mol. The average molecular weight is 236 g/mol. The minimum atomic E-state index is 0. The maximum Gasteiger partial charge on any atom is 2.00 e. The maximum atomic E-state index is 3.84. The predicted octanol–water partition coefficient (Wildman–Crippen LogP) is 3.06. The Morgan fingerprint density at radius 2 is 1.79 bits per heavy atom. The van der Waals surface area contributed by atoms with Gasteiger partial charge in [0.2, 0.25) is 0 Å². The van der Waals surface area contributed by atoms with Crippen LogP contribution in [0.15, 0.2) is 12.4 Å². The Morgan fingerprint density at radius 1 is 1.29 bits per heavy atom. The fourth-order valence-corrected chi connectivity index (χ4v) is 0.397. The van der Waals surface area contributed by atoms with Crippen LogP contribution in [0.25, 0.3) is 0 Å². The number of rotatable bonds is 1. The standard InChI is InChI=1S/C5H6N3.C2H6.2CH4.CH3.V/c1-6-5-2-3-7-4-8-5;1-2;;;;/h2,4H,1H3,(H,6,7,8);1-2H3;2*1H4;1H3;/q-1;;;;-1;+2. The van der Waals surface area contributed by atoms with E-state index in [1.807, 2.05) is 13.8 Å². The van der Waals surface area contributed by atoms with Crippen LogP contribution in [0.3, 0.4) is 0 Å². The Balaban J connectivity index is -0.0000000425. The third kappa shape index (κ3) is 14.0. The van der Waals surface area contributed by atoms with Crippen LogP contribution in [-0.2, 0) is 18.6 Å². The van der Waals surface area contributed by atoms with E-state index in [-0.39, 0.29) is 40.8 Å². The molecule has 4 heteroatoms. The molecule has 0 spiro atoms. The smallest absolute Gasteiger partial charge is 0.425 e. The second-order valence-corrected chi connectivity index (χ2v) is 1.28. The maximum absolute atomic E-state index is 3.84. The summed E-state index contributed by atoms with van der Waals surface area (Å²) in [5.41, 5.74) is 0. The molecule has 14 heavy (non-hydrogen) atoms. The van der Waals surface area contributed by atoms with Crippen LogP contribution in [0.5, 0.6) is 0 Å². The van der Waals surface area contributed by atoms with Gasteiger partial charge in [0.05, 0.1) is 0 Å². The number of aromatic nitrogens is 2. The molecule has 0 fully saturated rings. The zero-order chi connectivity index (χ0) is 7.82. The first-order valence-electron chi connectivity index (χ1n) is 3.29. The molecule has 1 N–H and O–H groups in total. The molecule has 1 rings (SSSR count). The summed E-state index contributed by atoms with van der Waals surface area (Å²) < 4.78 is 0. The molecule has 0 aromatic carbocycles. The molecule has 1 aromatic heterocycles. The third-order valence-electron chi connectivity index (χ3n) is 0.787. The van der Waals surface area contributed by atoms with Crippen molar-refractivity contribution in [2.24, 2.45) is 0 Å². The molecule has 83 valence electrons. The van der Waals surface area contributed by atoms with Crippen molar-refractivity contribution in [3.05, 3.63) is 26.0 Å². The summed E-state index contributed by atoms with van der Waals surface area (Å²) in [7, 11) is 1.80. The molecule has 1 aromatic rings. The minimum Gasteiger partial charge on any atom is -0.425 e. The first kappa shape index (κ1) is 29.2. The quantitative estimate of drug-likeness (QED) is 0.761. The molecule has 0 aliphatic carbocycles. The van der Waals surface area contributed by atoms with E-state index < -0.39 is 0 Å². The van der Waals surface area contributed by atoms with Crippen LogP contribution < -0.4 is 5.32 Å². The first-order chi connectivity index (χ1) is 4.93. The zero-order valence-corrected chi connectivity index (χ0v) is 9.39. The fourth-order valence-electron chi connectivity index (χ4n) is 0.397. The van der Waals surface area contributed by atoms with Crippen molar-refractivity contribution in [3.63, 3.8) is 0 Å². The molecule has 0 aliphatic rings. The van der Waals surface area contributed by atoms with Gasteiger partial charge in [-0.1, -0.05) is 34.9 Å². The van der Waals surface area contributed by atoms with Crippen LogP contribution in [0.1, 0.15) is 28.7 Å². The van der Waals surface area contributed by atoms with Gasteiger partial charge in [0.15, 0.2) is 0 Å². The first-order valence-corrected chi connectivity index (χ1v) is 3.29. The van der Waals surface area contributed by atoms with Gasteiger partial charge in [0.1, 0.15) is 0 Å². The predicted molar refractivity (Wildman–Crippen MR) is 61.6 cm³/mol. The number of anilines is 1. The minimum absolute atomic E-state index is 0. The second kappa shape index (κ2) is 22.9. The van der Waals surface area contributed by atoms with Crippen LogP contribution in [-0.4, -0.2) is 17.0 Å². The SMILES string of the molecule is C.C.CC.CNc1c[c-]ncn1.[CH3-].[V+2]. The van der Waals surface area contributed by atoms with Crippen molar-refractivity contribution >= 4 is 5.82 Å². The van der Waals surface area contributed by atoms with E-state index in [9.17, 15) is 0 Å². The number of hydrogen-bond donors (Lipinski definition) is 1. The van der Waals surface area contributed by atoms with Crippen molar-refractivity contribution in [1.82, 2.24) is 9.97 Å². The van der Waals surface area contributed by atoms with Crippen molar-refractivity contribution in [2.75, 3.05) is 12.4 Å². The monoisotopic (exact) mass is 236 g/mol. The van der Waals surface area contributed by atoms with Gasteiger partial charge in [-0.3, -0.25) is 0 Å². The molecule has 0 saturated carbocycles. The van der Waals surface area contributed by atoms with Gasteiger partial charge >= 0.3 is 18.6 Å². The third-order valence-corrected chi connectivity index (χ3v) is 0.787. The van der Waals surface area contributed by atoms with Crippen molar-refractivity contribution in [1.29, 1.82) is 0 Å². The molecule has 1 heterocycles. The molecule has 0 atom stereocenters. The Labute approximate surface area is 102 Å². The zero-order valence-electron chi connectivity index (χ0n) is 8.00. The fraction of sp³-hybridized carbons (Fsp3) is 0.500. The van der Waals surface area contributed by atoms with E-state index >= 15 is 0 Å². The van der Waals surface area contributed by atoms with E-state index in [1.165, 1.54) is 6.33 Å². The van der Waals surface area contributed by atoms with Gasteiger partial charge in [-0.25, -0.2) is 0 Å². The summed E-state index contributed by atoms with van der Waals surface area (Å²) in [5.74, 6) is 0.792. The summed E-state index contributed by atoms with van der Waals surface area (Å²) in [6.45, 7) is 4.00. The van der Waals surface area contributed by atoms with E-state index in [1.54, 1.807) is 13.1 Å². The van der Waals surface area contributed by atoms with E-state index in [0.29, 0.717) is 0 Å². The van der Waals surface area contributed by atoms with Crippen molar-refractivity contribution < 1.29 is 18.6 Å². The Kier molecular flexibility index (Phi) is 47.7. The van der Waals surface area contributed by atoms with Crippen LogP contribution in [0.4, 0.5) is 5.82 Å². The van der Waals surface area contributed by atoms with Crippen molar-refractivity contribution in [2.45, 2.75) is 28.7 Å². The Morgan fingerprint density at radius 3 is 2.00 bits per heavy atom. The van der Waals surface area contributed by atoms with Crippen LogP contribution >= 0.6 is 0 Å². The Bertz CT molecular complexity index is 157. The second-order valence-electron chi connectivity index (χ2n) is 1.28. The molecule has 1 radical (unpaired) electrons. The average Bonchev–Trinajstić information content (AvgIpc) is 2.10. The largest absolute Gasteiger partial charge is 2.00 e. The molecule has 0 unspecified atom stereocenters. The van der Waals surface area contributed by atoms with E-state index in [4.69, 9.17) is 0 Å². The summed E-state index contributed by atoms with van der Waals surface area (Å²) in [5, 5.41) is 2.84. The summed E-state index contributed by atoms with van der Waals surface area (Å²) >= 11 is 0. The summed E-state index contributed by atoms with van der Waals surface area (Å²) in [6, 6.07) is 1.68. The van der Waals surface area contributed by atoms with E-state index in [0.717, 1.165) is 5.82 Å². The number of hydrogen-bond acceptors (Lipinski definition) is 3. The summed E-state index contributed by atoms with van der Waals surface area (Å²) in [4.78, 5) is 7.46. The molecule has 0 saturated heterocycles. The van der Waals surface area contributed by atoms with E-state index in [2.05, 4.69) is 21.5 Å². The van der Waals surface area contributed by atoms with Gasteiger partial charge in [-0.2, -0.15) is 0 Å². The normalized spacial score (nSPS) is 5.36. The number of nitrogens with zero attached hydrogens (tertiary/aromatic N) is 2. The molecular formula is C10H23N3V. The van der Waals surface area contributed by atoms with Crippen molar-refractivity contribution in [3.8, 4) is 0 Å². The van der Waals surface area contributed by atoms with Gasteiger partial charge in [0.25, 0.3) is 0 Å². The number of nitrogens with one attached hydrogen (secondary N) is 1. The molecule has 0 bridgehead atoms. The van der Waals surface area contributed by atoms with Gasteiger partial charge in [-0.05, 0) is 7.05 Å². The van der Waals surface area contributed by atoms with Gasteiger partial charge < -0.3 is 22.7 Å². The van der Waals surface area contributed by atoms with Crippen LogP contribution in [0, 0.1) is 13.6 Å². The van der Waals surface area contributed by atoms with Gasteiger partial charge in [-0.15, -0.1) is 6.07 Å². The topological polar surface area (TPSA) is 37.8 Å².